The van der Waals surface area contributed by atoms with Crippen molar-refractivity contribution in [2.75, 3.05) is 26.1 Å². The molecule has 0 atom stereocenters. The molecule has 5 heteroatoms. The van der Waals surface area contributed by atoms with Crippen molar-refractivity contribution in [3.63, 3.8) is 0 Å². The number of rotatable bonds is 5. The number of hydrogen-bond acceptors (Lipinski definition) is 5. The van der Waals surface area contributed by atoms with Gasteiger partial charge in [0.05, 0.1) is 18.5 Å². The minimum atomic E-state index is 0.265. The Labute approximate surface area is 147 Å². The monoisotopic (exact) mass is 335 g/mol. The van der Waals surface area contributed by atoms with E-state index in [1.807, 2.05) is 61.5 Å². The van der Waals surface area contributed by atoms with Crippen LogP contribution in [-0.2, 0) is 6.42 Å². The minimum Gasteiger partial charge on any atom is -0.506 e. The van der Waals surface area contributed by atoms with Gasteiger partial charge in [-0.05, 0) is 35.9 Å². The van der Waals surface area contributed by atoms with Gasteiger partial charge in [-0.3, -0.25) is 0 Å². The van der Waals surface area contributed by atoms with Gasteiger partial charge in [0.2, 0.25) is 0 Å². The molecule has 0 fully saturated rings. The zero-order valence-corrected chi connectivity index (χ0v) is 14.6. The second-order valence-electron chi connectivity index (χ2n) is 5.99. The summed E-state index contributed by atoms with van der Waals surface area (Å²) in [5, 5.41) is 10.1. The Morgan fingerprint density at radius 2 is 1.84 bits per heavy atom. The largest absolute Gasteiger partial charge is 0.506 e. The first kappa shape index (κ1) is 16.8. The van der Waals surface area contributed by atoms with Crippen molar-refractivity contribution in [1.82, 2.24) is 9.97 Å². The van der Waals surface area contributed by atoms with Crippen LogP contribution >= 0.6 is 0 Å². The first-order chi connectivity index (χ1) is 12.1. The Hall–Kier alpha value is -3.08. The first-order valence-corrected chi connectivity index (χ1v) is 8.02. The van der Waals surface area contributed by atoms with E-state index in [0.717, 1.165) is 34.0 Å². The van der Waals surface area contributed by atoms with E-state index >= 15 is 0 Å². The van der Waals surface area contributed by atoms with Crippen molar-refractivity contribution >= 4 is 5.69 Å². The number of nitrogens with zero attached hydrogens (tertiary/aromatic N) is 3. The summed E-state index contributed by atoms with van der Waals surface area (Å²) in [7, 11) is 5.45. The van der Waals surface area contributed by atoms with E-state index in [-0.39, 0.29) is 5.75 Å². The van der Waals surface area contributed by atoms with E-state index in [9.17, 15) is 5.11 Å². The number of phenolic OH excluding ortho intramolecular Hbond substituents is 1. The van der Waals surface area contributed by atoms with Gasteiger partial charge in [0.25, 0.3) is 0 Å². The summed E-state index contributed by atoms with van der Waals surface area (Å²) < 4.78 is 5.41. The Balaban J connectivity index is 1.89. The molecule has 0 radical (unpaired) electrons. The quantitative estimate of drug-likeness (QED) is 0.773. The van der Waals surface area contributed by atoms with Gasteiger partial charge in [-0.2, -0.15) is 0 Å². The smallest absolute Gasteiger partial charge is 0.139 e. The lowest BCUT2D eigenvalue weighted by atomic mass is 10.1. The zero-order chi connectivity index (χ0) is 17.8. The molecule has 2 aromatic carbocycles. The summed E-state index contributed by atoms with van der Waals surface area (Å²) in [5.41, 5.74) is 4.41. The third kappa shape index (κ3) is 3.71. The van der Waals surface area contributed by atoms with Crippen LogP contribution in [0.3, 0.4) is 0 Å². The molecule has 0 unspecified atom stereocenters. The Bertz CT molecular complexity index is 878. The van der Waals surface area contributed by atoms with Crippen LogP contribution < -0.4 is 9.64 Å². The van der Waals surface area contributed by atoms with E-state index in [1.54, 1.807) is 19.5 Å². The minimum absolute atomic E-state index is 0.265. The van der Waals surface area contributed by atoms with Crippen molar-refractivity contribution < 1.29 is 9.84 Å². The maximum absolute atomic E-state index is 10.1. The molecular weight excluding hydrogens is 314 g/mol. The Morgan fingerprint density at radius 3 is 2.56 bits per heavy atom. The number of aromatic nitrogens is 2. The van der Waals surface area contributed by atoms with E-state index in [2.05, 4.69) is 9.97 Å². The third-order valence-electron chi connectivity index (χ3n) is 4.01. The number of hydrogen-bond donors (Lipinski definition) is 1. The molecule has 128 valence electrons. The highest BCUT2D eigenvalue weighted by atomic mass is 16.5. The van der Waals surface area contributed by atoms with E-state index in [0.29, 0.717) is 6.42 Å². The highest BCUT2D eigenvalue weighted by Gasteiger charge is 2.09. The van der Waals surface area contributed by atoms with Crippen LogP contribution in [0.2, 0.25) is 0 Å². The van der Waals surface area contributed by atoms with Crippen LogP contribution in [0.1, 0.15) is 11.3 Å². The SMILES string of the molecule is COc1ccccc1-c1cc(Cc2ccc(N(C)C)c(O)c2)ncn1. The number of para-hydroxylation sites is 1. The third-order valence-corrected chi connectivity index (χ3v) is 4.01. The van der Waals surface area contributed by atoms with E-state index in [1.165, 1.54) is 0 Å². The molecule has 0 aliphatic rings. The summed E-state index contributed by atoms with van der Waals surface area (Å²) in [6.07, 6.45) is 2.18. The number of anilines is 1. The lowest BCUT2D eigenvalue weighted by Crippen LogP contribution is -2.08. The molecule has 0 aliphatic heterocycles. The van der Waals surface area contributed by atoms with Gasteiger partial charge in [0, 0.05) is 31.8 Å². The normalized spacial score (nSPS) is 10.5. The highest BCUT2D eigenvalue weighted by molar-refractivity contribution is 5.67. The summed E-state index contributed by atoms with van der Waals surface area (Å²) >= 11 is 0. The molecule has 25 heavy (non-hydrogen) atoms. The molecule has 0 aliphatic carbocycles. The van der Waals surface area contributed by atoms with Crippen LogP contribution in [0.4, 0.5) is 5.69 Å². The topological polar surface area (TPSA) is 58.5 Å². The number of ether oxygens (including phenoxy) is 1. The van der Waals surface area contributed by atoms with Crippen LogP contribution in [0.25, 0.3) is 11.3 Å². The molecule has 0 spiro atoms. The molecule has 1 heterocycles. The molecule has 0 saturated heterocycles. The fraction of sp³-hybridized carbons (Fsp3) is 0.200. The highest BCUT2D eigenvalue weighted by Crippen LogP contribution is 2.29. The molecule has 1 N–H and O–H groups in total. The summed E-state index contributed by atoms with van der Waals surface area (Å²) in [6.45, 7) is 0. The first-order valence-electron chi connectivity index (χ1n) is 8.02. The maximum atomic E-state index is 10.1. The van der Waals surface area contributed by atoms with Crippen LogP contribution in [0, 0.1) is 0 Å². The standard InChI is InChI=1S/C20H21N3O2/c1-23(2)18-9-8-14(11-19(18)24)10-15-12-17(22-13-21-15)16-6-4-5-7-20(16)25-3/h4-9,11-13,24H,10H2,1-3H3. The van der Waals surface area contributed by atoms with Gasteiger partial charge in [-0.1, -0.05) is 18.2 Å². The van der Waals surface area contributed by atoms with E-state index in [4.69, 9.17) is 4.74 Å². The van der Waals surface area contributed by atoms with Crippen LogP contribution in [-0.4, -0.2) is 36.3 Å². The fourth-order valence-electron chi connectivity index (χ4n) is 2.76. The number of aromatic hydroxyl groups is 1. The predicted molar refractivity (Wildman–Crippen MR) is 99.3 cm³/mol. The second-order valence-corrected chi connectivity index (χ2v) is 5.99. The van der Waals surface area contributed by atoms with E-state index < -0.39 is 0 Å². The van der Waals surface area contributed by atoms with Crippen molar-refractivity contribution in [3.05, 3.63) is 66.1 Å². The lowest BCUT2D eigenvalue weighted by Gasteiger charge is -2.15. The molecular formula is C20H21N3O2. The summed E-state index contributed by atoms with van der Waals surface area (Å²) in [4.78, 5) is 10.6. The van der Waals surface area contributed by atoms with Crippen molar-refractivity contribution in [2.24, 2.45) is 0 Å². The van der Waals surface area contributed by atoms with Gasteiger partial charge >= 0.3 is 0 Å². The molecule has 0 amide bonds. The van der Waals surface area contributed by atoms with Crippen LogP contribution in [0.5, 0.6) is 11.5 Å². The average molecular weight is 335 g/mol. The van der Waals surface area contributed by atoms with Crippen LogP contribution in [0.15, 0.2) is 54.9 Å². The summed E-state index contributed by atoms with van der Waals surface area (Å²) in [6, 6.07) is 15.4. The Kier molecular flexibility index (Phi) is 4.84. The van der Waals surface area contributed by atoms with Crippen molar-refractivity contribution in [3.8, 4) is 22.8 Å². The molecule has 0 bridgehead atoms. The van der Waals surface area contributed by atoms with Gasteiger partial charge in [-0.15, -0.1) is 0 Å². The summed E-state index contributed by atoms with van der Waals surface area (Å²) in [5.74, 6) is 1.04. The molecule has 3 aromatic rings. The maximum Gasteiger partial charge on any atom is 0.139 e. The molecule has 5 nitrogen and oxygen atoms in total. The predicted octanol–water partition coefficient (Wildman–Crippen LogP) is 3.51. The van der Waals surface area contributed by atoms with Gasteiger partial charge in [-0.25, -0.2) is 9.97 Å². The molecule has 3 rings (SSSR count). The zero-order valence-electron chi connectivity index (χ0n) is 14.6. The van der Waals surface area contributed by atoms with Crippen molar-refractivity contribution in [1.29, 1.82) is 0 Å². The van der Waals surface area contributed by atoms with Gasteiger partial charge in [0.15, 0.2) is 0 Å². The Morgan fingerprint density at radius 1 is 1.04 bits per heavy atom. The van der Waals surface area contributed by atoms with Gasteiger partial charge < -0.3 is 14.7 Å². The molecule has 1 aromatic heterocycles. The lowest BCUT2D eigenvalue weighted by molar-refractivity contribution is 0.416. The fourth-order valence-corrected chi connectivity index (χ4v) is 2.76. The van der Waals surface area contributed by atoms with Crippen molar-refractivity contribution in [2.45, 2.75) is 6.42 Å². The molecule has 0 saturated carbocycles. The number of phenols is 1. The number of benzene rings is 2. The second kappa shape index (κ2) is 7.21. The van der Waals surface area contributed by atoms with Gasteiger partial charge in [0.1, 0.15) is 17.8 Å². The number of methoxy groups -OCH3 is 1. The average Bonchev–Trinajstić information content (AvgIpc) is 2.61.